The first kappa shape index (κ1) is 23.1. The van der Waals surface area contributed by atoms with Gasteiger partial charge in [-0.3, -0.25) is 0 Å². The third-order valence-corrected chi connectivity index (χ3v) is 4.03. The van der Waals surface area contributed by atoms with Crippen molar-refractivity contribution in [2.45, 2.75) is 90.6 Å². The van der Waals surface area contributed by atoms with Crippen LogP contribution in [0.4, 0.5) is 0 Å². The van der Waals surface area contributed by atoms with Crippen molar-refractivity contribution >= 4 is 0 Å². The van der Waals surface area contributed by atoms with Gasteiger partial charge in [0.15, 0.2) is 0 Å². The molecule has 0 bridgehead atoms. The van der Waals surface area contributed by atoms with E-state index in [9.17, 15) is 0 Å². The van der Waals surface area contributed by atoms with E-state index in [-0.39, 0.29) is 12.7 Å². The molecular weight excluding hydrogens is 296 g/mol. The van der Waals surface area contributed by atoms with Crippen LogP contribution >= 0.6 is 0 Å². The molecule has 0 amide bonds. The minimum atomic E-state index is 0.0526. The molecule has 1 N–H and O–H groups in total. The van der Waals surface area contributed by atoms with Crippen LogP contribution in [-0.4, -0.2) is 24.4 Å². The number of hydrogen-bond acceptors (Lipinski definition) is 2. The number of aliphatic hydroxyl groups is 1. The van der Waals surface area contributed by atoms with Crippen LogP contribution in [0.25, 0.3) is 0 Å². The number of aliphatic hydroxyl groups excluding tert-OH is 1. The molecule has 24 heavy (non-hydrogen) atoms. The minimum absolute atomic E-state index is 0.0526. The quantitative estimate of drug-likeness (QED) is 0.247. The second-order valence-electron chi connectivity index (χ2n) is 6.25. The van der Waals surface area contributed by atoms with Crippen molar-refractivity contribution in [3.63, 3.8) is 0 Å². The first-order valence-corrected chi connectivity index (χ1v) is 10.0. The second-order valence-corrected chi connectivity index (χ2v) is 6.25. The average molecular weight is 337 g/mol. The molecule has 0 heterocycles. The van der Waals surface area contributed by atoms with Crippen molar-refractivity contribution in [3.05, 3.63) is 36.5 Å². The van der Waals surface area contributed by atoms with Gasteiger partial charge in [0.25, 0.3) is 0 Å². The number of hydrogen-bond donors (Lipinski definition) is 1. The predicted molar refractivity (Wildman–Crippen MR) is 106 cm³/mol. The molecule has 0 aromatic rings. The first-order chi connectivity index (χ1) is 11.8. The molecule has 0 aliphatic carbocycles. The maximum Gasteiger partial charge on any atom is 0.0805 e. The second kappa shape index (κ2) is 20.2. The van der Waals surface area contributed by atoms with Gasteiger partial charge in [0.2, 0.25) is 0 Å². The van der Waals surface area contributed by atoms with Crippen molar-refractivity contribution in [2.75, 3.05) is 13.2 Å². The molecular formula is C22H40O2. The lowest BCUT2D eigenvalue weighted by atomic mass is 10.1. The van der Waals surface area contributed by atoms with E-state index in [0.29, 0.717) is 6.61 Å². The average Bonchev–Trinajstić information content (AvgIpc) is 2.60. The molecule has 140 valence electrons. The van der Waals surface area contributed by atoms with Crippen LogP contribution < -0.4 is 0 Å². The zero-order valence-corrected chi connectivity index (χ0v) is 16.1. The van der Waals surface area contributed by atoms with Crippen LogP contribution in [0, 0.1) is 0 Å². The van der Waals surface area contributed by atoms with E-state index in [0.717, 1.165) is 25.7 Å². The number of ether oxygens (including phenoxy) is 1. The zero-order valence-electron chi connectivity index (χ0n) is 16.1. The fourth-order valence-corrected chi connectivity index (χ4v) is 2.63. The van der Waals surface area contributed by atoms with Crippen molar-refractivity contribution in [1.29, 1.82) is 0 Å². The fraction of sp³-hybridized carbons (Fsp3) is 0.727. The van der Waals surface area contributed by atoms with Gasteiger partial charge in [-0.2, -0.15) is 0 Å². The maximum absolute atomic E-state index is 9.14. The molecule has 0 saturated heterocycles. The smallest absolute Gasteiger partial charge is 0.0805 e. The summed E-state index contributed by atoms with van der Waals surface area (Å²) in [7, 11) is 0. The van der Waals surface area contributed by atoms with Crippen molar-refractivity contribution < 1.29 is 9.84 Å². The maximum atomic E-state index is 9.14. The molecule has 0 aliphatic heterocycles. The predicted octanol–water partition coefficient (Wildman–Crippen LogP) is 6.36. The van der Waals surface area contributed by atoms with E-state index in [4.69, 9.17) is 9.84 Å². The summed E-state index contributed by atoms with van der Waals surface area (Å²) < 4.78 is 5.45. The van der Waals surface area contributed by atoms with E-state index in [1.165, 1.54) is 44.9 Å². The largest absolute Gasteiger partial charge is 0.394 e. The van der Waals surface area contributed by atoms with E-state index in [2.05, 4.69) is 43.4 Å². The molecule has 0 rings (SSSR count). The van der Waals surface area contributed by atoms with Gasteiger partial charge in [-0.05, 0) is 45.4 Å². The Balaban J connectivity index is 3.30. The molecule has 1 atom stereocenters. The number of rotatable bonds is 17. The Morgan fingerprint density at radius 3 is 1.96 bits per heavy atom. The highest BCUT2D eigenvalue weighted by Crippen LogP contribution is 2.11. The number of allylic oxidation sites excluding steroid dienone is 6. The van der Waals surface area contributed by atoms with Crippen LogP contribution in [0.15, 0.2) is 36.5 Å². The molecule has 0 fully saturated rings. The minimum Gasteiger partial charge on any atom is -0.394 e. The Labute approximate surface area is 150 Å². The van der Waals surface area contributed by atoms with Gasteiger partial charge >= 0.3 is 0 Å². The summed E-state index contributed by atoms with van der Waals surface area (Å²) in [6.07, 6.45) is 26.7. The lowest BCUT2D eigenvalue weighted by Crippen LogP contribution is -2.17. The Morgan fingerprint density at radius 2 is 1.33 bits per heavy atom. The summed E-state index contributed by atoms with van der Waals surface area (Å²) in [5.41, 5.74) is 0. The van der Waals surface area contributed by atoms with Gasteiger partial charge in [-0.25, -0.2) is 0 Å². The van der Waals surface area contributed by atoms with Crippen LogP contribution in [0.5, 0.6) is 0 Å². The third-order valence-electron chi connectivity index (χ3n) is 4.03. The van der Waals surface area contributed by atoms with Gasteiger partial charge in [-0.15, -0.1) is 0 Å². The molecule has 2 nitrogen and oxygen atoms in total. The Morgan fingerprint density at radius 1 is 0.750 bits per heavy atom. The van der Waals surface area contributed by atoms with Gasteiger partial charge in [0.1, 0.15) is 0 Å². The Kier molecular flexibility index (Phi) is 19.5. The first-order valence-electron chi connectivity index (χ1n) is 10.0. The van der Waals surface area contributed by atoms with Crippen molar-refractivity contribution in [3.8, 4) is 0 Å². The SMILES string of the molecule is CCC=CCC=CCC=CCCCCCCCCC(CO)OCC. The lowest BCUT2D eigenvalue weighted by Gasteiger charge is -2.13. The summed E-state index contributed by atoms with van der Waals surface area (Å²) in [5.74, 6) is 0. The van der Waals surface area contributed by atoms with E-state index >= 15 is 0 Å². The fourth-order valence-electron chi connectivity index (χ4n) is 2.63. The summed E-state index contributed by atoms with van der Waals surface area (Å²) >= 11 is 0. The van der Waals surface area contributed by atoms with Gasteiger partial charge in [0.05, 0.1) is 12.7 Å². The monoisotopic (exact) mass is 336 g/mol. The summed E-state index contributed by atoms with van der Waals surface area (Å²) in [4.78, 5) is 0. The van der Waals surface area contributed by atoms with Gasteiger partial charge in [-0.1, -0.05) is 75.5 Å². The Hall–Kier alpha value is -0.860. The van der Waals surface area contributed by atoms with Gasteiger partial charge < -0.3 is 9.84 Å². The standard InChI is InChI=1S/C22H40O2/c1-3-5-6-7-8-9-10-11-12-13-14-15-16-17-18-19-20-22(21-23)24-4-2/h5-6,8-9,11-12,22-23H,3-4,7,10,13-21H2,1-2H3. The van der Waals surface area contributed by atoms with Gasteiger partial charge in [0, 0.05) is 6.61 Å². The van der Waals surface area contributed by atoms with Crippen LogP contribution in [-0.2, 0) is 4.74 Å². The normalized spacial score (nSPS) is 13.6. The molecule has 0 saturated carbocycles. The number of unbranched alkanes of at least 4 members (excludes halogenated alkanes) is 6. The molecule has 1 unspecified atom stereocenters. The Bertz CT molecular complexity index is 318. The van der Waals surface area contributed by atoms with Crippen LogP contribution in [0.2, 0.25) is 0 Å². The van der Waals surface area contributed by atoms with E-state index < -0.39 is 0 Å². The van der Waals surface area contributed by atoms with Crippen LogP contribution in [0.1, 0.15) is 84.5 Å². The molecule has 0 spiro atoms. The lowest BCUT2D eigenvalue weighted by molar-refractivity contribution is 0.0136. The molecule has 0 radical (unpaired) electrons. The van der Waals surface area contributed by atoms with E-state index in [1.807, 2.05) is 6.92 Å². The molecule has 0 aromatic carbocycles. The van der Waals surface area contributed by atoms with Crippen molar-refractivity contribution in [2.24, 2.45) is 0 Å². The summed E-state index contributed by atoms with van der Waals surface area (Å²) in [5, 5.41) is 9.14. The topological polar surface area (TPSA) is 29.5 Å². The third kappa shape index (κ3) is 17.5. The highest BCUT2D eigenvalue weighted by molar-refractivity contribution is 4.96. The highest BCUT2D eigenvalue weighted by Gasteiger charge is 2.05. The van der Waals surface area contributed by atoms with E-state index in [1.54, 1.807) is 0 Å². The van der Waals surface area contributed by atoms with Crippen molar-refractivity contribution in [1.82, 2.24) is 0 Å². The molecule has 2 heteroatoms. The molecule has 0 aliphatic rings. The summed E-state index contributed by atoms with van der Waals surface area (Å²) in [6.45, 7) is 5.01. The zero-order chi connectivity index (χ0) is 17.7. The summed E-state index contributed by atoms with van der Waals surface area (Å²) in [6, 6.07) is 0. The molecule has 0 aromatic heterocycles. The highest BCUT2D eigenvalue weighted by atomic mass is 16.5. The van der Waals surface area contributed by atoms with Crippen LogP contribution in [0.3, 0.4) is 0 Å².